The molecule has 0 N–H and O–H groups in total. The van der Waals surface area contributed by atoms with Gasteiger partial charge in [-0.3, -0.25) is 9.59 Å². The molecule has 0 atom stereocenters. The van der Waals surface area contributed by atoms with Crippen LogP contribution in [-0.4, -0.2) is 29.7 Å². The topological polar surface area (TPSA) is 37.4 Å². The van der Waals surface area contributed by atoms with E-state index in [0.29, 0.717) is 5.91 Å². The molecule has 3 heteroatoms. The summed E-state index contributed by atoms with van der Waals surface area (Å²) in [4.78, 5) is 25.7. The summed E-state index contributed by atoms with van der Waals surface area (Å²) < 4.78 is 0. The molecule has 0 aromatic rings. The van der Waals surface area contributed by atoms with Crippen molar-refractivity contribution >= 4 is 11.7 Å². The average molecular weight is 251 g/mol. The van der Waals surface area contributed by atoms with Gasteiger partial charge in [0.2, 0.25) is 5.91 Å². The molecule has 1 heterocycles. The van der Waals surface area contributed by atoms with Crippen molar-refractivity contribution in [2.24, 2.45) is 17.8 Å². The average Bonchev–Trinajstić information content (AvgIpc) is 2.39. The van der Waals surface area contributed by atoms with Crippen LogP contribution in [0.4, 0.5) is 0 Å². The van der Waals surface area contributed by atoms with Crippen LogP contribution in [-0.2, 0) is 9.59 Å². The second kappa shape index (κ2) is 5.85. The molecule has 0 bridgehead atoms. The molecule has 0 aromatic carbocycles. The van der Waals surface area contributed by atoms with E-state index in [1.54, 1.807) is 6.92 Å². The molecule has 18 heavy (non-hydrogen) atoms. The van der Waals surface area contributed by atoms with Gasteiger partial charge in [0.1, 0.15) is 5.78 Å². The first kappa shape index (κ1) is 13.6. The quantitative estimate of drug-likeness (QED) is 0.756. The first-order chi connectivity index (χ1) is 8.58. The zero-order valence-electron chi connectivity index (χ0n) is 11.7. The molecule has 2 rings (SSSR count). The molecule has 1 aliphatic heterocycles. The minimum Gasteiger partial charge on any atom is -0.342 e. The van der Waals surface area contributed by atoms with Gasteiger partial charge in [0, 0.05) is 24.9 Å². The van der Waals surface area contributed by atoms with Crippen LogP contribution in [0, 0.1) is 17.8 Å². The van der Waals surface area contributed by atoms with Crippen molar-refractivity contribution in [2.75, 3.05) is 13.1 Å². The molecule has 1 amide bonds. The summed E-state index contributed by atoms with van der Waals surface area (Å²) >= 11 is 0. The zero-order valence-corrected chi connectivity index (χ0v) is 11.7. The largest absolute Gasteiger partial charge is 0.342 e. The van der Waals surface area contributed by atoms with Crippen molar-refractivity contribution in [3.8, 4) is 0 Å². The second-order valence-electron chi connectivity index (χ2n) is 6.17. The number of hydrogen-bond donors (Lipinski definition) is 0. The first-order valence-electron chi connectivity index (χ1n) is 7.37. The van der Waals surface area contributed by atoms with Gasteiger partial charge in [0.25, 0.3) is 0 Å². The van der Waals surface area contributed by atoms with Gasteiger partial charge in [-0.2, -0.15) is 0 Å². The van der Waals surface area contributed by atoms with E-state index in [4.69, 9.17) is 0 Å². The molecule has 0 spiro atoms. The van der Waals surface area contributed by atoms with Crippen molar-refractivity contribution in [2.45, 2.75) is 52.4 Å². The molecule has 1 aliphatic carbocycles. The number of rotatable bonds is 2. The molecule has 2 aliphatic rings. The van der Waals surface area contributed by atoms with Gasteiger partial charge in [0.15, 0.2) is 0 Å². The minimum absolute atomic E-state index is 0.195. The van der Waals surface area contributed by atoms with Gasteiger partial charge < -0.3 is 4.90 Å². The Hall–Kier alpha value is -0.860. The van der Waals surface area contributed by atoms with Gasteiger partial charge in [0.05, 0.1) is 0 Å². The monoisotopic (exact) mass is 251 g/mol. The third-order valence-electron chi connectivity index (χ3n) is 4.75. The van der Waals surface area contributed by atoms with E-state index in [1.165, 1.54) is 12.8 Å². The van der Waals surface area contributed by atoms with E-state index < -0.39 is 0 Å². The summed E-state index contributed by atoms with van der Waals surface area (Å²) in [6, 6.07) is 0. The van der Waals surface area contributed by atoms with Crippen molar-refractivity contribution in [1.29, 1.82) is 0 Å². The lowest BCUT2D eigenvalue weighted by atomic mass is 9.82. The maximum atomic E-state index is 12.4. The Kier molecular flexibility index (Phi) is 4.41. The number of likely N-dealkylation sites (tertiary alicyclic amines) is 1. The Morgan fingerprint density at radius 3 is 1.94 bits per heavy atom. The summed E-state index contributed by atoms with van der Waals surface area (Å²) in [5.74, 6) is 1.88. The number of piperidine rings is 1. The van der Waals surface area contributed by atoms with E-state index in [0.717, 1.165) is 44.7 Å². The summed E-state index contributed by atoms with van der Waals surface area (Å²) in [5, 5.41) is 0. The Morgan fingerprint density at radius 1 is 0.889 bits per heavy atom. The maximum absolute atomic E-state index is 12.4. The van der Waals surface area contributed by atoms with E-state index in [9.17, 15) is 9.59 Å². The normalized spacial score (nSPS) is 30.2. The SMILES string of the molecule is CC(=O)C1CCN(C(=O)[C@H]2CC[C@H](C)CC2)CC1. The number of amides is 1. The van der Waals surface area contributed by atoms with E-state index in [1.807, 2.05) is 4.90 Å². The fourth-order valence-electron chi connectivity index (χ4n) is 3.27. The molecule has 1 saturated heterocycles. The van der Waals surface area contributed by atoms with E-state index in [2.05, 4.69) is 6.92 Å². The summed E-state index contributed by atoms with van der Waals surface area (Å²) in [7, 11) is 0. The summed E-state index contributed by atoms with van der Waals surface area (Å²) in [6.45, 7) is 5.52. The van der Waals surface area contributed by atoms with E-state index in [-0.39, 0.29) is 17.6 Å². The van der Waals surface area contributed by atoms with E-state index >= 15 is 0 Å². The number of Topliss-reactive ketones (excluding diaryl/α,β-unsaturated/α-hetero) is 1. The van der Waals surface area contributed by atoms with Crippen LogP contribution >= 0.6 is 0 Å². The Labute approximate surface area is 110 Å². The molecule has 3 nitrogen and oxygen atoms in total. The Morgan fingerprint density at radius 2 is 1.44 bits per heavy atom. The highest BCUT2D eigenvalue weighted by molar-refractivity contribution is 5.81. The number of hydrogen-bond acceptors (Lipinski definition) is 2. The molecule has 102 valence electrons. The summed E-state index contributed by atoms with van der Waals surface area (Å²) in [5.41, 5.74) is 0. The molecule has 0 unspecified atom stereocenters. The van der Waals surface area contributed by atoms with Crippen LogP contribution in [0.5, 0.6) is 0 Å². The second-order valence-corrected chi connectivity index (χ2v) is 6.17. The molecule has 0 aromatic heterocycles. The van der Waals surface area contributed by atoms with Crippen molar-refractivity contribution in [1.82, 2.24) is 4.90 Å². The lowest BCUT2D eigenvalue weighted by molar-refractivity contribution is -0.139. The summed E-state index contributed by atoms with van der Waals surface area (Å²) in [6.07, 6.45) is 6.24. The van der Waals surface area contributed by atoms with Gasteiger partial charge in [-0.1, -0.05) is 6.92 Å². The molecule has 1 saturated carbocycles. The minimum atomic E-state index is 0.195. The standard InChI is InChI=1S/C15H25NO2/c1-11-3-5-14(6-4-11)15(18)16-9-7-13(8-10-16)12(2)17/h11,13-14H,3-10H2,1-2H3/t11-,14-. The molecular formula is C15H25NO2. The number of nitrogens with zero attached hydrogens (tertiary/aromatic N) is 1. The van der Waals surface area contributed by atoms with Crippen LogP contribution < -0.4 is 0 Å². The van der Waals surface area contributed by atoms with Crippen molar-refractivity contribution in [3.63, 3.8) is 0 Å². The maximum Gasteiger partial charge on any atom is 0.225 e. The highest BCUT2D eigenvalue weighted by atomic mass is 16.2. The highest BCUT2D eigenvalue weighted by Gasteiger charge is 2.31. The van der Waals surface area contributed by atoms with Gasteiger partial charge in [-0.15, -0.1) is 0 Å². The Balaban J connectivity index is 1.82. The zero-order chi connectivity index (χ0) is 13.1. The van der Waals surface area contributed by atoms with Gasteiger partial charge in [-0.25, -0.2) is 0 Å². The first-order valence-corrected chi connectivity index (χ1v) is 7.37. The predicted molar refractivity (Wildman–Crippen MR) is 71.1 cm³/mol. The number of carbonyl (C=O) groups is 2. The third-order valence-corrected chi connectivity index (χ3v) is 4.75. The predicted octanol–water partition coefficient (Wildman–Crippen LogP) is 2.64. The van der Waals surface area contributed by atoms with Gasteiger partial charge in [-0.05, 0) is 51.4 Å². The fourth-order valence-corrected chi connectivity index (χ4v) is 3.27. The third kappa shape index (κ3) is 3.12. The number of carbonyl (C=O) groups excluding carboxylic acids is 2. The highest BCUT2D eigenvalue weighted by Crippen LogP contribution is 2.30. The Bertz CT molecular complexity index is 310. The molecule has 0 radical (unpaired) electrons. The number of ketones is 1. The van der Waals surface area contributed by atoms with Gasteiger partial charge >= 0.3 is 0 Å². The lowest BCUT2D eigenvalue weighted by Gasteiger charge is -2.35. The van der Waals surface area contributed by atoms with Crippen molar-refractivity contribution < 1.29 is 9.59 Å². The lowest BCUT2D eigenvalue weighted by Crippen LogP contribution is -2.43. The van der Waals surface area contributed by atoms with Crippen molar-refractivity contribution in [3.05, 3.63) is 0 Å². The van der Waals surface area contributed by atoms with Crippen LogP contribution in [0.15, 0.2) is 0 Å². The smallest absolute Gasteiger partial charge is 0.225 e. The van der Waals surface area contributed by atoms with Crippen LogP contribution in [0.3, 0.4) is 0 Å². The van der Waals surface area contributed by atoms with Crippen LogP contribution in [0.25, 0.3) is 0 Å². The van der Waals surface area contributed by atoms with Crippen LogP contribution in [0.1, 0.15) is 52.4 Å². The fraction of sp³-hybridized carbons (Fsp3) is 0.867. The van der Waals surface area contributed by atoms with Crippen LogP contribution in [0.2, 0.25) is 0 Å². The molecule has 2 fully saturated rings. The molecular weight excluding hydrogens is 226 g/mol.